The monoisotopic (exact) mass is 313 g/mol. The molecule has 3 rings (SSSR count). The highest BCUT2D eigenvalue weighted by Gasteiger charge is 2.28. The summed E-state index contributed by atoms with van der Waals surface area (Å²) in [6.45, 7) is 3.39. The second-order valence-corrected chi connectivity index (χ2v) is 6.01. The summed E-state index contributed by atoms with van der Waals surface area (Å²) >= 11 is 0. The zero-order chi connectivity index (χ0) is 16.2. The fourth-order valence-electron chi connectivity index (χ4n) is 2.92. The van der Waals surface area contributed by atoms with Crippen LogP contribution >= 0.6 is 0 Å². The number of carbonyl (C=O) groups is 1. The van der Waals surface area contributed by atoms with Gasteiger partial charge in [0.25, 0.3) is 0 Å². The molecule has 23 heavy (non-hydrogen) atoms. The highest BCUT2D eigenvalue weighted by molar-refractivity contribution is 5.76. The van der Waals surface area contributed by atoms with Crippen LogP contribution in [0.3, 0.4) is 0 Å². The molecule has 0 saturated carbocycles. The third kappa shape index (κ3) is 3.92. The van der Waals surface area contributed by atoms with Crippen LogP contribution in [0.2, 0.25) is 0 Å². The van der Waals surface area contributed by atoms with Gasteiger partial charge in [-0.3, -0.25) is 4.79 Å². The molecular weight excluding hydrogens is 293 g/mol. The Bertz CT molecular complexity index is 687. The Kier molecular flexibility index (Phi) is 4.65. The number of amides is 1. The summed E-state index contributed by atoms with van der Waals surface area (Å²) in [4.78, 5) is 23.0. The van der Waals surface area contributed by atoms with Crippen molar-refractivity contribution in [2.45, 2.75) is 32.1 Å². The summed E-state index contributed by atoms with van der Waals surface area (Å²) in [5.41, 5.74) is 1.94. The molecule has 1 fully saturated rings. The van der Waals surface area contributed by atoms with E-state index >= 15 is 0 Å². The molecule has 1 aliphatic rings. The molecule has 1 saturated heterocycles. The van der Waals surface area contributed by atoms with Gasteiger partial charge >= 0.3 is 0 Å². The molecule has 1 aromatic heterocycles. The number of halogens is 1. The Morgan fingerprint density at radius 2 is 2.09 bits per heavy atom. The number of nitrogens with zero attached hydrogens (tertiary/aromatic N) is 3. The van der Waals surface area contributed by atoms with Crippen molar-refractivity contribution in [2.75, 3.05) is 13.1 Å². The van der Waals surface area contributed by atoms with E-state index < -0.39 is 0 Å². The average Bonchev–Trinajstić information content (AvgIpc) is 3.04. The van der Waals surface area contributed by atoms with Gasteiger partial charge in [0.2, 0.25) is 5.91 Å². The van der Waals surface area contributed by atoms with Gasteiger partial charge in [0, 0.05) is 37.3 Å². The number of rotatable bonds is 4. The van der Waals surface area contributed by atoms with E-state index in [1.54, 1.807) is 18.3 Å². The first-order valence-corrected chi connectivity index (χ1v) is 7.93. The van der Waals surface area contributed by atoms with Crippen LogP contribution in [-0.2, 0) is 11.2 Å². The number of aromatic nitrogens is 2. The lowest BCUT2D eigenvalue weighted by molar-refractivity contribution is -0.130. The average molecular weight is 313 g/mol. The fraction of sp³-hybridized carbons (Fsp3) is 0.389. The molecule has 0 aliphatic carbocycles. The van der Waals surface area contributed by atoms with Crippen LogP contribution in [0.15, 0.2) is 36.5 Å². The third-order valence-electron chi connectivity index (χ3n) is 4.26. The summed E-state index contributed by atoms with van der Waals surface area (Å²) in [5.74, 6) is 0.952. The van der Waals surface area contributed by atoms with Crippen LogP contribution < -0.4 is 0 Å². The molecule has 1 aliphatic heterocycles. The fourth-order valence-corrected chi connectivity index (χ4v) is 2.92. The Balaban J connectivity index is 1.54. The maximum atomic E-state index is 12.9. The van der Waals surface area contributed by atoms with Crippen molar-refractivity contribution in [2.24, 2.45) is 0 Å². The molecule has 5 heteroatoms. The van der Waals surface area contributed by atoms with E-state index in [-0.39, 0.29) is 17.6 Å². The Hall–Kier alpha value is -2.30. The predicted molar refractivity (Wildman–Crippen MR) is 85.4 cm³/mol. The first kappa shape index (κ1) is 15.6. The Morgan fingerprint density at radius 1 is 1.30 bits per heavy atom. The second-order valence-electron chi connectivity index (χ2n) is 6.01. The Labute approximate surface area is 135 Å². The summed E-state index contributed by atoms with van der Waals surface area (Å²) in [7, 11) is 0. The van der Waals surface area contributed by atoms with Crippen LogP contribution in [-0.4, -0.2) is 33.9 Å². The molecule has 0 bridgehead atoms. The lowest BCUT2D eigenvalue weighted by Crippen LogP contribution is -2.28. The molecular formula is C18H20FN3O. The van der Waals surface area contributed by atoms with Crippen LogP contribution in [0.4, 0.5) is 4.39 Å². The van der Waals surface area contributed by atoms with E-state index in [4.69, 9.17) is 0 Å². The van der Waals surface area contributed by atoms with Crippen LogP contribution in [0.5, 0.6) is 0 Å². The summed E-state index contributed by atoms with van der Waals surface area (Å²) in [5, 5.41) is 0. The van der Waals surface area contributed by atoms with Gasteiger partial charge in [0.1, 0.15) is 11.6 Å². The largest absolute Gasteiger partial charge is 0.342 e. The minimum Gasteiger partial charge on any atom is -0.342 e. The number of benzene rings is 1. The number of hydrogen-bond donors (Lipinski definition) is 0. The van der Waals surface area contributed by atoms with Gasteiger partial charge in [-0.2, -0.15) is 0 Å². The zero-order valence-electron chi connectivity index (χ0n) is 13.2. The van der Waals surface area contributed by atoms with E-state index in [1.807, 2.05) is 17.9 Å². The smallest absolute Gasteiger partial charge is 0.222 e. The maximum absolute atomic E-state index is 12.9. The van der Waals surface area contributed by atoms with Gasteiger partial charge in [0.05, 0.1) is 0 Å². The van der Waals surface area contributed by atoms with Gasteiger partial charge in [-0.1, -0.05) is 12.1 Å². The van der Waals surface area contributed by atoms with E-state index in [2.05, 4.69) is 9.97 Å². The van der Waals surface area contributed by atoms with E-state index in [0.717, 1.165) is 30.0 Å². The maximum Gasteiger partial charge on any atom is 0.222 e. The standard InChI is InChI=1S/C18H20FN3O/c1-13-8-10-20-18(21-13)15-9-11-22(12-15)17(23)7-4-14-2-5-16(19)6-3-14/h2-3,5-6,8,10,15H,4,7,9,11-12H2,1H3/t15-/m0/s1. The van der Waals surface area contributed by atoms with Crippen molar-refractivity contribution < 1.29 is 9.18 Å². The molecule has 1 atom stereocenters. The van der Waals surface area contributed by atoms with Crippen molar-refractivity contribution in [1.29, 1.82) is 0 Å². The first-order chi connectivity index (χ1) is 11.1. The molecule has 2 heterocycles. The first-order valence-electron chi connectivity index (χ1n) is 7.93. The van der Waals surface area contributed by atoms with Crippen molar-refractivity contribution in [1.82, 2.24) is 14.9 Å². The molecule has 0 N–H and O–H groups in total. The molecule has 0 unspecified atom stereocenters. The molecule has 2 aromatic rings. The lowest BCUT2D eigenvalue weighted by atomic mass is 10.1. The molecule has 1 aromatic carbocycles. The number of carbonyl (C=O) groups excluding carboxylic acids is 1. The summed E-state index contributed by atoms with van der Waals surface area (Å²) < 4.78 is 12.9. The number of likely N-dealkylation sites (tertiary alicyclic amines) is 1. The van der Waals surface area contributed by atoms with Crippen LogP contribution in [0.1, 0.15) is 35.8 Å². The molecule has 120 valence electrons. The quantitative estimate of drug-likeness (QED) is 0.872. The molecule has 0 radical (unpaired) electrons. The minimum atomic E-state index is -0.249. The van der Waals surface area contributed by atoms with Crippen molar-refractivity contribution in [3.05, 3.63) is 59.4 Å². The van der Waals surface area contributed by atoms with E-state index in [9.17, 15) is 9.18 Å². The van der Waals surface area contributed by atoms with Gasteiger partial charge in [-0.05, 0) is 43.5 Å². The number of aryl methyl sites for hydroxylation is 2. The minimum absolute atomic E-state index is 0.143. The SMILES string of the molecule is Cc1ccnc([C@H]2CCN(C(=O)CCc3ccc(F)cc3)C2)n1. The Morgan fingerprint density at radius 3 is 2.83 bits per heavy atom. The topological polar surface area (TPSA) is 46.1 Å². The molecule has 0 spiro atoms. The van der Waals surface area contributed by atoms with Crippen LogP contribution in [0.25, 0.3) is 0 Å². The normalized spacial score (nSPS) is 17.5. The third-order valence-corrected chi connectivity index (χ3v) is 4.26. The number of hydrogen-bond acceptors (Lipinski definition) is 3. The van der Waals surface area contributed by atoms with E-state index in [1.165, 1.54) is 12.1 Å². The highest BCUT2D eigenvalue weighted by atomic mass is 19.1. The van der Waals surface area contributed by atoms with Gasteiger partial charge in [-0.25, -0.2) is 14.4 Å². The van der Waals surface area contributed by atoms with Crippen LogP contribution in [0, 0.1) is 12.7 Å². The summed E-state index contributed by atoms with van der Waals surface area (Å²) in [6.07, 6.45) is 3.77. The highest BCUT2D eigenvalue weighted by Crippen LogP contribution is 2.25. The predicted octanol–water partition coefficient (Wildman–Crippen LogP) is 2.87. The van der Waals surface area contributed by atoms with Gasteiger partial charge < -0.3 is 4.90 Å². The van der Waals surface area contributed by atoms with Gasteiger partial charge in [0.15, 0.2) is 0 Å². The van der Waals surface area contributed by atoms with E-state index in [0.29, 0.717) is 19.4 Å². The zero-order valence-corrected chi connectivity index (χ0v) is 13.2. The van der Waals surface area contributed by atoms with Crippen molar-refractivity contribution >= 4 is 5.91 Å². The molecule has 1 amide bonds. The van der Waals surface area contributed by atoms with Gasteiger partial charge in [-0.15, -0.1) is 0 Å². The van der Waals surface area contributed by atoms with Crippen molar-refractivity contribution in [3.8, 4) is 0 Å². The lowest BCUT2D eigenvalue weighted by Gasteiger charge is -2.16. The molecule has 4 nitrogen and oxygen atoms in total. The van der Waals surface area contributed by atoms with Crippen molar-refractivity contribution in [3.63, 3.8) is 0 Å². The summed E-state index contributed by atoms with van der Waals surface area (Å²) in [6, 6.07) is 8.21. The second kappa shape index (κ2) is 6.86.